The molecule has 1 heterocycles. The number of rotatable bonds is 3. The summed E-state index contributed by atoms with van der Waals surface area (Å²) in [4.78, 5) is 11.8. The molecule has 1 aromatic heterocycles. The van der Waals surface area contributed by atoms with E-state index in [4.69, 9.17) is 0 Å². The number of carbonyl (C=O) groups is 1. The second-order valence-corrected chi connectivity index (χ2v) is 4.26. The Morgan fingerprint density at radius 1 is 1.31 bits per heavy atom. The van der Waals surface area contributed by atoms with Crippen molar-refractivity contribution in [3.05, 3.63) is 52.2 Å². The predicted octanol–water partition coefficient (Wildman–Crippen LogP) is 3.56. The quantitative estimate of drug-likeness (QED) is 0.859. The van der Waals surface area contributed by atoms with Crippen LogP contribution < -0.4 is 5.32 Å². The van der Waals surface area contributed by atoms with Crippen molar-refractivity contribution in [3.63, 3.8) is 0 Å². The van der Waals surface area contributed by atoms with Crippen molar-refractivity contribution in [2.75, 3.05) is 5.32 Å². The van der Waals surface area contributed by atoms with Gasteiger partial charge in [0, 0.05) is 11.1 Å². The molecule has 82 valence electrons. The first-order valence-electron chi connectivity index (χ1n) is 5.22. The fraction of sp³-hybridized carbons (Fsp3) is 0.154. The van der Waals surface area contributed by atoms with Gasteiger partial charge in [-0.2, -0.15) is 11.3 Å². The number of nitrogens with one attached hydrogen (secondary N) is 1. The van der Waals surface area contributed by atoms with Gasteiger partial charge < -0.3 is 5.32 Å². The first-order valence-corrected chi connectivity index (χ1v) is 6.17. The molecule has 3 heteroatoms. The van der Waals surface area contributed by atoms with Gasteiger partial charge in [0.15, 0.2) is 0 Å². The highest BCUT2D eigenvalue weighted by Gasteiger charge is 2.07. The summed E-state index contributed by atoms with van der Waals surface area (Å²) >= 11 is 1.53. The van der Waals surface area contributed by atoms with Gasteiger partial charge in [-0.1, -0.05) is 25.1 Å². The lowest BCUT2D eigenvalue weighted by Crippen LogP contribution is -2.12. The van der Waals surface area contributed by atoms with Crippen molar-refractivity contribution in [1.29, 1.82) is 0 Å². The number of benzene rings is 1. The van der Waals surface area contributed by atoms with Crippen molar-refractivity contribution in [2.45, 2.75) is 13.3 Å². The van der Waals surface area contributed by atoms with E-state index >= 15 is 0 Å². The molecule has 0 fully saturated rings. The lowest BCUT2D eigenvalue weighted by molar-refractivity contribution is 0.102. The molecule has 2 nitrogen and oxygen atoms in total. The van der Waals surface area contributed by atoms with Crippen molar-refractivity contribution in [3.8, 4) is 0 Å². The molecular formula is C13H13NOS. The monoisotopic (exact) mass is 231 g/mol. The van der Waals surface area contributed by atoms with Gasteiger partial charge in [-0.05, 0) is 29.5 Å². The fourth-order valence-corrected chi connectivity index (χ4v) is 2.17. The topological polar surface area (TPSA) is 29.1 Å². The Kier molecular flexibility index (Phi) is 3.37. The molecule has 2 aromatic rings. The molecule has 0 spiro atoms. The largest absolute Gasteiger partial charge is 0.322 e. The smallest absolute Gasteiger partial charge is 0.256 e. The summed E-state index contributed by atoms with van der Waals surface area (Å²) in [6, 6.07) is 9.71. The lowest BCUT2D eigenvalue weighted by atomic mass is 10.1. The van der Waals surface area contributed by atoms with Gasteiger partial charge in [-0.25, -0.2) is 0 Å². The van der Waals surface area contributed by atoms with Crippen LogP contribution in [0, 0.1) is 0 Å². The van der Waals surface area contributed by atoms with E-state index in [9.17, 15) is 4.79 Å². The second-order valence-electron chi connectivity index (χ2n) is 3.48. The minimum Gasteiger partial charge on any atom is -0.322 e. The Morgan fingerprint density at radius 3 is 2.81 bits per heavy atom. The number of thiophene rings is 1. The van der Waals surface area contributed by atoms with Crippen LogP contribution in [-0.2, 0) is 6.42 Å². The summed E-state index contributed by atoms with van der Waals surface area (Å²) in [5.74, 6) is -0.0397. The highest BCUT2D eigenvalue weighted by Crippen LogP contribution is 2.17. The first-order chi connectivity index (χ1) is 7.81. The number of amides is 1. The number of carbonyl (C=O) groups excluding carboxylic acids is 1. The van der Waals surface area contributed by atoms with Gasteiger partial charge >= 0.3 is 0 Å². The zero-order chi connectivity index (χ0) is 11.4. The molecule has 0 bridgehead atoms. The minimum atomic E-state index is -0.0397. The molecule has 2 rings (SSSR count). The van der Waals surface area contributed by atoms with Crippen LogP contribution in [0.25, 0.3) is 0 Å². The van der Waals surface area contributed by atoms with Crippen molar-refractivity contribution in [2.24, 2.45) is 0 Å². The van der Waals surface area contributed by atoms with Gasteiger partial charge in [0.1, 0.15) is 0 Å². The first kappa shape index (κ1) is 10.9. The molecule has 0 atom stereocenters. The molecule has 0 unspecified atom stereocenters. The third-order valence-corrected chi connectivity index (χ3v) is 3.11. The summed E-state index contributed by atoms with van der Waals surface area (Å²) in [6.07, 6.45) is 0.917. The molecule has 0 saturated carbocycles. The van der Waals surface area contributed by atoms with E-state index in [0.717, 1.165) is 23.2 Å². The lowest BCUT2D eigenvalue weighted by Gasteiger charge is -2.08. The molecule has 16 heavy (non-hydrogen) atoms. The molecule has 0 aliphatic carbocycles. The van der Waals surface area contributed by atoms with Crippen LogP contribution in [-0.4, -0.2) is 5.91 Å². The maximum atomic E-state index is 11.8. The normalized spacial score (nSPS) is 10.1. The van der Waals surface area contributed by atoms with Crippen LogP contribution in [0.3, 0.4) is 0 Å². The summed E-state index contributed by atoms with van der Waals surface area (Å²) in [5.41, 5.74) is 2.78. The third kappa shape index (κ3) is 2.31. The van der Waals surface area contributed by atoms with Gasteiger partial charge in [0.2, 0.25) is 0 Å². The zero-order valence-electron chi connectivity index (χ0n) is 9.07. The van der Waals surface area contributed by atoms with Crippen molar-refractivity contribution in [1.82, 2.24) is 0 Å². The maximum Gasteiger partial charge on any atom is 0.256 e. The SMILES string of the molecule is CCc1ccccc1NC(=O)c1ccsc1. The second kappa shape index (κ2) is 4.94. The average molecular weight is 231 g/mol. The molecule has 1 N–H and O–H groups in total. The maximum absolute atomic E-state index is 11.8. The number of hydrogen-bond acceptors (Lipinski definition) is 2. The highest BCUT2D eigenvalue weighted by atomic mass is 32.1. The summed E-state index contributed by atoms with van der Waals surface area (Å²) in [5, 5.41) is 6.69. The molecule has 0 saturated heterocycles. The van der Waals surface area contributed by atoms with Gasteiger partial charge in [-0.3, -0.25) is 4.79 Å². The minimum absolute atomic E-state index is 0.0397. The van der Waals surface area contributed by atoms with Crippen LogP contribution in [0.15, 0.2) is 41.1 Å². The fourth-order valence-electron chi connectivity index (χ4n) is 1.54. The van der Waals surface area contributed by atoms with Gasteiger partial charge in [0.25, 0.3) is 5.91 Å². The van der Waals surface area contributed by atoms with E-state index in [1.165, 1.54) is 11.3 Å². The van der Waals surface area contributed by atoms with E-state index in [1.54, 1.807) is 0 Å². The predicted molar refractivity (Wildman–Crippen MR) is 68.1 cm³/mol. The zero-order valence-corrected chi connectivity index (χ0v) is 9.88. The van der Waals surface area contributed by atoms with E-state index in [1.807, 2.05) is 41.1 Å². The molecule has 0 aliphatic rings. The van der Waals surface area contributed by atoms with Crippen LogP contribution >= 0.6 is 11.3 Å². The Labute approximate surface area is 98.9 Å². The number of anilines is 1. The molecule has 1 aromatic carbocycles. The third-order valence-electron chi connectivity index (χ3n) is 2.43. The summed E-state index contributed by atoms with van der Waals surface area (Å²) < 4.78 is 0. The Hall–Kier alpha value is -1.61. The molecule has 1 amide bonds. The van der Waals surface area contributed by atoms with E-state index in [2.05, 4.69) is 12.2 Å². The molecule has 0 radical (unpaired) electrons. The van der Waals surface area contributed by atoms with Crippen LogP contribution in [0.5, 0.6) is 0 Å². The molecule has 0 aliphatic heterocycles. The van der Waals surface area contributed by atoms with Crippen molar-refractivity contribution < 1.29 is 4.79 Å². The Balaban J connectivity index is 2.18. The summed E-state index contributed by atoms with van der Waals surface area (Å²) in [7, 11) is 0. The van der Waals surface area contributed by atoms with Gasteiger partial charge in [0.05, 0.1) is 5.56 Å². The van der Waals surface area contributed by atoms with E-state index < -0.39 is 0 Å². The Bertz CT molecular complexity index is 476. The number of para-hydroxylation sites is 1. The van der Waals surface area contributed by atoms with Crippen LogP contribution in [0.2, 0.25) is 0 Å². The van der Waals surface area contributed by atoms with Crippen LogP contribution in [0.4, 0.5) is 5.69 Å². The van der Waals surface area contributed by atoms with E-state index in [0.29, 0.717) is 0 Å². The highest BCUT2D eigenvalue weighted by molar-refractivity contribution is 7.08. The number of hydrogen-bond donors (Lipinski definition) is 1. The van der Waals surface area contributed by atoms with Crippen molar-refractivity contribution >= 4 is 22.9 Å². The molecular weight excluding hydrogens is 218 g/mol. The summed E-state index contributed by atoms with van der Waals surface area (Å²) in [6.45, 7) is 2.08. The van der Waals surface area contributed by atoms with E-state index in [-0.39, 0.29) is 5.91 Å². The average Bonchev–Trinajstić information content (AvgIpc) is 2.83. The van der Waals surface area contributed by atoms with Crippen LogP contribution in [0.1, 0.15) is 22.8 Å². The number of aryl methyl sites for hydroxylation is 1. The Morgan fingerprint density at radius 2 is 2.12 bits per heavy atom. The van der Waals surface area contributed by atoms with Gasteiger partial charge in [-0.15, -0.1) is 0 Å². The standard InChI is InChI=1S/C13H13NOS/c1-2-10-5-3-4-6-12(10)14-13(15)11-7-8-16-9-11/h3-9H,2H2,1H3,(H,14,15).